The number of hydrogen-bond acceptors (Lipinski definition) is 3. The smallest absolute Gasteiger partial charge is 0.191 e. The summed E-state index contributed by atoms with van der Waals surface area (Å²) in [5, 5.41) is 6.84. The van der Waals surface area contributed by atoms with E-state index in [9.17, 15) is 0 Å². The van der Waals surface area contributed by atoms with Gasteiger partial charge in [0.15, 0.2) is 5.96 Å². The monoisotopic (exact) mass is 481 g/mol. The van der Waals surface area contributed by atoms with Gasteiger partial charge in [0.1, 0.15) is 0 Å². The molecule has 0 bridgehead atoms. The molecule has 0 heterocycles. The van der Waals surface area contributed by atoms with Crippen LogP contribution in [0.1, 0.15) is 65.2 Å². The van der Waals surface area contributed by atoms with E-state index in [-0.39, 0.29) is 24.0 Å². The van der Waals surface area contributed by atoms with Crippen molar-refractivity contribution in [2.45, 2.75) is 65.2 Å². The molecule has 0 radical (unpaired) electrons. The van der Waals surface area contributed by atoms with Crippen LogP contribution < -0.4 is 10.6 Å². The van der Waals surface area contributed by atoms with Crippen molar-refractivity contribution in [2.24, 2.45) is 16.3 Å². The Morgan fingerprint density at radius 1 is 1.08 bits per heavy atom. The highest BCUT2D eigenvalue weighted by Crippen LogP contribution is 2.41. The van der Waals surface area contributed by atoms with Crippen LogP contribution in [0.3, 0.4) is 0 Å². The van der Waals surface area contributed by atoms with Crippen LogP contribution in [0.4, 0.5) is 0 Å². The van der Waals surface area contributed by atoms with E-state index in [0.717, 1.165) is 70.8 Å². The summed E-state index contributed by atoms with van der Waals surface area (Å²) in [4.78, 5) is 4.90. The van der Waals surface area contributed by atoms with Gasteiger partial charge in [0, 0.05) is 46.1 Å². The maximum absolute atomic E-state index is 5.70. The normalized spacial score (nSPS) is 19.2. The van der Waals surface area contributed by atoms with Gasteiger partial charge < -0.3 is 20.1 Å². The van der Waals surface area contributed by atoms with Crippen LogP contribution in [0.25, 0.3) is 0 Å². The van der Waals surface area contributed by atoms with Gasteiger partial charge in [-0.15, -0.1) is 24.0 Å². The third-order valence-electron chi connectivity index (χ3n) is 5.37. The summed E-state index contributed by atoms with van der Waals surface area (Å²) in [5.41, 5.74) is 0.352. The van der Waals surface area contributed by atoms with E-state index in [1.807, 2.05) is 0 Å². The van der Waals surface area contributed by atoms with Crippen LogP contribution in [0.5, 0.6) is 0 Å². The summed E-state index contributed by atoms with van der Waals surface area (Å²) in [5.74, 6) is 1.80. The molecule has 6 heteroatoms. The first kappa shape index (κ1) is 24.0. The maximum Gasteiger partial charge on any atom is 0.191 e. The molecule has 0 amide bonds. The minimum Gasteiger partial charge on any atom is -0.382 e. The Hall–Kier alpha value is -0.0800. The number of hydrogen-bond donors (Lipinski definition) is 2. The van der Waals surface area contributed by atoms with Crippen LogP contribution in [-0.4, -0.2) is 52.0 Å². The second-order valence-electron chi connectivity index (χ2n) is 7.65. The van der Waals surface area contributed by atoms with Crippen LogP contribution in [0, 0.1) is 11.3 Å². The summed E-state index contributed by atoms with van der Waals surface area (Å²) in [7, 11) is 0. The third kappa shape index (κ3) is 9.74. The molecule has 2 fully saturated rings. The van der Waals surface area contributed by atoms with Gasteiger partial charge in [-0.05, 0) is 63.7 Å². The largest absolute Gasteiger partial charge is 0.382 e. The number of ether oxygens (including phenoxy) is 2. The Bertz CT molecular complexity index is 383. The van der Waals surface area contributed by atoms with Gasteiger partial charge in [-0.3, -0.25) is 4.99 Å². The summed E-state index contributed by atoms with van der Waals surface area (Å²) in [6.45, 7) is 10.4. The fraction of sp³-hybridized carbons (Fsp3) is 0.950. The predicted molar refractivity (Wildman–Crippen MR) is 120 cm³/mol. The van der Waals surface area contributed by atoms with E-state index in [1.165, 1.54) is 38.5 Å². The highest BCUT2D eigenvalue weighted by atomic mass is 127. The molecule has 0 saturated heterocycles. The van der Waals surface area contributed by atoms with Gasteiger partial charge in [0.25, 0.3) is 0 Å². The molecule has 154 valence electrons. The Kier molecular flexibility index (Phi) is 12.9. The van der Waals surface area contributed by atoms with Crippen molar-refractivity contribution in [3.8, 4) is 0 Å². The topological polar surface area (TPSA) is 54.9 Å². The molecule has 2 aliphatic rings. The van der Waals surface area contributed by atoms with Gasteiger partial charge in [0.2, 0.25) is 0 Å². The van der Waals surface area contributed by atoms with Crippen LogP contribution in [0.2, 0.25) is 0 Å². The molecular weight excluding hydrogens is 441 g/mol. The van der Waals surface area contributed by atoms with Gasteiger partial charge in [-0.25, -0.2) is 0 Å². The minimum atomic E-state index is 0. The molecule has 0 unspecified atom stereocenters. The van der Waals surface area contributed by atoms with Crippen molar-refractivity contribution < 1.29 is 9.47 Å². The summed E-state index contributed by atoms with van der Waals surface area (Å²) in [6.07, 6.45) is 10.1. The number of rotatable bonds is 13. The molecule has 26 heavy (non-hydrogen) atoms. The van der Waals surface area contributed by atoms with E-state index in [2.05, 4.69) is 24.5 Å². The van der Waals surface area contributed by atoms with E-state index in [1.54, 1.807) is 0 Å². The zero-order valence-electron chi connectivity index (χ0n) is 16.9. The Morgan fingerprint density at radius 2 is 1.85 bits per heavy atom. The molecule has 5 nitrogen and oxygen atoms in total. The lowest BCUT2D eigenvalue weighted by Crippen LogP contribution is -2.39. The number of aliphatic imine (C=N–C) groups is 1. The standard InChI is InChI=1S/C20H39N3O2.HI/c1-3-21-19(22-13-7-14-25-16-18-8-9-18)23-17-20(10-5-6-11-20)12-15-24-4-2;/h18H,3-17H2,1-2H3,(H2,21,22,23);1H. The average Bonchev–Trinajstić information content (AvgIpc) is 3.33. The van der Waals surface area contributed by atoms with Gasteiger partial charge >= 0.3 is 0 Å². The number of halogens is 1. The van der Waals surface area contributed by atoms with Crippen molar-refractivity contribution in [1.29, 1.82) is 0 Å². The second kappa shape index (κ2) is 14.0. The molecule has 2 aliphatic carbocycles. The molecule has 0 aromatic rings. The van der Waals surface area contributed by atoms with Gasteiger partial charge in [0.05, 0.1) is 0 Å². The van der Waals surface area contributed by atoms with Crippen molar-refractivity contribution in [2.75, 3.05) is 46.1 Å². The minimum absolute atomic E-state index is 0. The predicted octanol–water partition coefficient (Wildman–Crippen LogP) is 3.96. The molecular formula is C20H40IN3O2. The molecule has 2 rings (SSSR count). The fourth-order valence-electron chi connectivity index (χ4n) is 3.55. The van der Waals surface area contributed by atoms with Crippen molar-refractivity contribution in [1.82, 2.24) is 10.6 Å². The maximum atomic E-state index is 5.70. The lowest BCUT2D eigenvalue weighted by molar-refractivity contribution is 0.107. The first-order chi connectivity index (χ1) is 12.3. The summed E-state index contributed by atoms with van der Waals surface area (Å²) < 4.78 is 11.3. The summed E-state index contributed by atoms with van der Waals surface area (Å²) >= 11 is 0. The SMILES string of the molecule is CCNC(=NCC1(CCOCC)CCCC1)NCCCOCC1CC1.I. The zero-order chi connectivity index (χ0) is 17.8. The second-order valence-corrected chi connectivity index (χ2v) is 7.65. The molecule has 0 aromatic carbocycles. The molecule has 0 aromatic heterocycles. The van der Waals surface area contributed by atoms with Gasteiger partial charge in [-0.1, -0.05) is 12.8 Å². The fourth-order valence-corrected chi connectivity index (χ4v) is 3.55. The van der Waals surface area contributed by atoms with Crippen molar-refractivity contribution in [3.63, 3.8) is 0 Å². The third-order valence-corrected chi connectivity index (χ3v) is 5.37. The quantitative estimate of drug-likeness (QED) is 0.181. The van der Waals surface area contributed by atoms with Gasteiger partial charge in [-0.2, -0.15) is 0 Å². The van der Waals surface area contributed by atoms with E-state index < -0.39 is 0 Å². The Morgan fingerprint density at radius 3 is 2.50 bits per heavy atom. The molecule has 0 aliphatic heterocycles. The number of guanidine groups is 1. The summed E-state index contributed by atoms with van der Waals surface area (Å²) in [6, 6.07) is 0. The van der Waals surface area contributed by atoms with E-state index in [4.69, 9.17) is 14.5 Å². The van der Waals surface area contributed by atoms with E-state index in [0.29, 0.717) is 5.41 Å². The average molecular weight is 481 g/mol. The first-order valence-corrected chi connectivity index (χ1v) is 10.5. The molecule has 0 spiro atoms. The first-order valence-electron chi connectivity index (χ1n) is 10.5. The van der Waals surface area contributed by atoms with E-state index >= 15 is 0 Å². The van der Waals surface area contributed by atoms with Crippen molar-refractivity contribution >= 4 is 29.9 Å². The number of nitrogens with zero attached hydrogens (tertiary/aromatic N) is 1. The van der Waals surface area contributed by atoms with Crippen LogP contribution in [-0.2, 0) is 9.47 Å². The lowest BCUT2D eigenvalue weighted by atomic mass is 9.83. The molecule has 2 N–H and O–H groups in total. The molecule has 2 saturated carbocycles. The Labute approximate surface area is 177 Å². The Balaban J connectivity index is 0.00000338. The number of nitrogens with one attached hydrogen (secondary N) is 2. The van der Waals surface area contributed by atoms with Crippen LogP contribution >= 0.6 is 24.0 Å². The van der Waals surface area contributed by atoms with Crippen molar-refractivity contribution in [3.05, 3.63) is 0 Å². The highest BCUT2D eigenvalue weighted by molar-refractivity contribution is 14.0. The highest BCUT2D eigenvalue weighted by Gasteiger charge is 2.33. The molecule has 0 atom stereocenters. The lowest BCUT2D eigenvalue weighted by Gasteiger charge is -2.27. The zero-order valence-corrected chi connectivity index (χ0v) is 19.2. The van der Waals surface area contributed by atoms with Crippen LogP contribution in [0.15, 0.2) is 4.99 Å².